The fourth-order valence-corrected chi connectivity index (χ4v) is 3.18. The van der Waals surface area contributed by atoms with Gasteiger partial charge < -0.3 is 15.0 Å². The van der Waals surface area contributed by atoms with Gasteiger partial charge in [0.1, 0.15) is 5.75 Å². The fourth-order valence-electron chi connectivity index (χ4n) is 3.18. The molecule has 0 radical (unpaired) electrons. The fraction of sp³-hybridized carbons (Fsp3) is 0.211. The number of anilines is 2. The lowest BCUT2D eigenvalue weighted by Gasteiger charge is -2.17. The second-order valence-electron chi connectivity index (χ2n) is 6.27. The van der Waals surface area contributed by atoms with Crippen LogP contribution >= 0.6 is 0 Å². The molecule has 7 heteroatoms. The second kappa shape index (κ2) is 6.51. The molecule has 2 heterocycles. The molecule has 0 aliphatic carbocycles. The zero-order valence-corrected chi connectivity index (χ0v) is 14.2. The van der Waals surface area contributed by atoms with Crippen molar-refractivity contribution in [2.45, 2.75) is 6.42 Å². The van der Waals surface area contributed by atoms with Gasteiger partial charge in [-0.1, -0.05) is 6.07 Å². The first kappa shape index (κ1) is 16.1. The topological polar surface area (TPSA) is 87.3 Å². The number of hydrogen-bond donors (Lipinski definition) is 2. The number of nitrogens with one attached hydrogen (secondary N) is 2. The van der Waals surface area contributed by atoms with E-state index in [4.69, 9.17) is 4.74 Å². The van der Waals surface area contributed by atoms with Crippen molar-refractivity contribution in [2.24, 2.45) is 5.92 Å². The van der Waals surface area contributed by atoms with Crippen LogP contribution in [0.25, 0.3) is 10.9 Å². The van der Waals surface area contributed by atoms with Crippen molar-refractivity contribution >= 4 is 34.1 Å². The number of amides is 2. The van der Waals surface area contributed by atoms with Crippen LogP contribution in [0.1, 0.15) is 6.42 Å². The standard InChI is InChI=1S/C19H18N4O3/c1-26-16-4-2-3-15(9-16)23-11-13(8-18(23)24)19(25)21-14-5-6-17-12(7-14)10-20-22-17/h2-7,9-10,13H,8,11H2,1H3,(H,20,22)(H,21,25)/t13-/m1/s1. The molecule has 2 aromatic carbocycles. The van der Waals surface area contributed by atoms with Crippen molar-refractivity contribution in [1.29, 1.82) is 0 Å². The van der Waals surface area contributed by atoms with Gasteiger partial charge in [0.15, 0.2) is 0 Å². The minimum atomic E-state index is -0.395. The van der Waals surface area contributed by atoms with Gasteiger partial charge in [0, 0.05) is 35.8 Å². The van der Waals surface area contributed by atoms with Gasteiger partial charge in [-0.25, -0.2) is 0 Å². The quantitative estimate of drug-likeness (QED) is 0.757. The number of H-pyrrole nitrogens is 1. The van der Waals surface area contributed by atoms with Crippen molar-refractivity contribution < 1.29 is 14.3 Å². The van der Waals surface area contributed by atoms with Crippen LogP contribution < -0.4 is 15.0 Å². The molecule has 2 N–H and O–H groups in total. The number of aromatic nitrogens is 2. The van der Waals surface area contributed by atoms with Crippen LogP contribution in [-0.4, -0.2) is 35.7 Å². The largest absolute Gasteiger partial charge is 0.497 e. The van der Waals surface area contributed by atoms with Gasteiger partial charge in [-0.3, -0.25) is 14.7 Å². The molecule has 0 bridgehead atoms. The molecule has 2 amide bonds. The maximum atomic E-state index is 12.6. The summed E-state index contributed by atoms with van der Waals surface area (Å²) in [5.74, 6) is 0.0562. The number of aromatic amines is 1. The van der Waals surface area contributed by atoms with Crippen molar-refractivity contribution in [3.05, 3.63) is 48.7 Å². The lowest BCUT2D eigenvalue weighted by Crippen LogP contribution is -2.28. The Hall–Kier alpha value is -3.35. The highest BCUT2D eigenvalue weighted by molar-refractivity contribution is 6.04. The van der Waals surface area contributed by atoms with Crippen LogP contribution in [0, 0.1) is 5.92 Å². The number of carbonyl (C=O) groups excluding carboxylic acids is 2. The Balaban J connectivity index is 1.47. The highest BCUT2D eigenvalue weighted by atomic mass is 16.5. The second-order valence-corrected chi connectivity index (χ2v) is 6.27. The summed E-state index contributed by atoms with van der Waals surface area (Å²) in [4.78, 5) is 26.6. The summed E-state index contributed by atoms with van der Waals surface area (Å²) >= 11 is 0. The first-order chi connectivity index (χ1) is 12.6. The minimum Gasteiger partial charge on any atom is -0.497 e. The van der Waals surface area contributed by atoms with E-state index in [2.05, 4.69) is 15.5 Å². The van der Waals surface area contributed by atoms with Gasteiger partial charge in [0.25, 0.3) is 0 Å². The van der Waals surface area contributed by atoms with Gasteiger partial charge in [-0.2, -0.15) is 5.10 Å². The molecular formula is C19H18N4O3. The molecule has 1 atom stereocenters. The third-order valence-corrected chi connectivity index (χ3v) is 4.57. The number of benzene rings is 2. The molecular weight excluding hydrogens is 332 g/mol. The molecule has 3 aromatic rings. The van der Waals surface area contributed by atoms with E-state index in [1.807, 2.05) is 36.4 Å². The molecule has 1 saturated heterocycles. The third kappa shape index (κ3) is 2.99. The summed E-state index contributed by atoms with van der Waals surface area (Å²) < 4.78 is 5.21. The SMILES string of the molecule is COc1cccc(N2C[C@H](C(=O)Nc3ccc4[nH]ncc4c3)CC2=O)c1. The Morgan fingerprint density at radius 2 is 2.19 bits per heavy atom. The lowest BCUT2D eigenvalue weighted by atomic mass is 10.1. The Kier molecular flexibility index (Phi) is 4.04. The number of fused-ring (bicyclic) bond motifs is 1. The molecule has 1 aliphatic heterocycles. The number of methoxy groups -OCH3 is 1. The molecule has 26 heavy (non-hydrogen) atoms. The lowest BCUT2D eigenvalue weighted by molar-refractivity contribution is -0.122. The predicted molar refractivity (Wildman–Crippen MR) is 98.2 cm³/mol. The van der Waals surface area contributed by atoms with Crippen LogP contribution in [0.4, 0.5) is 11.4 Å². The average Bonchev–Trinajstić information content (AvgIpc) is 3.27. The van der Waals surface area contributed by atoms with Crippen molar-refractivity contribution in [2.75, 3.05) is 23.9 Å². The summed E-state index contributed by atoms with van der Waals surface area (Å²) in [5, 5.41) is 10.7. The average molecular weight is 350 g/mol. The minimum absolute atomic E-state index is 0.0660. The van der Waals surface area contributed by atoms with Gasteiger partial charge in [-0.15, -0.1) is 0 Å². The van der Waals surface area contributed by atoms with Crippen molar-refractivity contribution in [3.63, 3.8) is 0 Å². The van der Waals surface area contributed by atoms with Crippen LogP contribution in [-0.2, 0) is 9.59 Å². The summed E-state index contributed by atoms with van der Waals surface area (Å²) in [6, 6.07) is 12.8. The Bertz CT molecular complexity index is 982. The van der Waals surface area contributed by atoms with E-state index in [1.165, 1.54) is 0 Å². The highest BCUT2D eigenvalue weighted by Gasteiger charge is 2.35. The van der Waals surface area contributed by atoms with Crippen LogP contribution in [0.15, 0.2) is 48.7 Å². The Morgan fingerprint density at radius 3 is 3.04 bits per heavy atom. The number of rotatable bonds is 4. The molecule has 1 fully saturated rings. The van der Waals surface area contributed by atoms with E-state index < -0.39 is 5.92 Å². The first-order valence-corrected chi connectivity index (χ1v) is 8.32. The van der Waals surface area contributed by atoms with E-state index in [1.54, 1.807) is 24.3 Å². The molecule has 7 nitrogen and oxygen atoms in total. The van der Waals surface area contributed by atoms with E-state index in [-0.39, 0.29) is 18.2 Å². The number of carbonyl (C=O) groups is 2. The first-order valence-electron chi connectivity index (χ1n) is 8.32. The molecule has 4 rings (SSSR count). The Morgan fingerprint density at radius 1 is 1.31 bits per heavy atom. The number of nitrogens with zero attached hydrogens (tertiary/aromatic N) is 2. The molecule has 0 unspecified atom stereocenters. The van der Waals surface area contributed by atoms with Gasteiger partial charge >= 0.3 is 0 Å². The van der Waals surface area contributed by atoms with Crippen LogP contribution in [0.3, 0.4) is 0 Å². The van der Waals surface area contributed by atoms with Crippen LogP contribution in [0.5, 0.6) is 5.75 Å². The van der Waals surface area contributed by atoms with E-state index in [0.29, 0.717) is 18.0 Å². The van der Waals surface area contributed by atoms with E-state index in [9.17, 15) is 9.59 Å². The summed E-state index contributed by atoms with van der Waals surface area (Å²) in [5.41, 5.74) is 2.34. The third-order valence-electron chi connectivity index (χ3n) is 4.57. The normalized spacial score (nSPS) is 16.9. The summed E-state index contributed by atoms with van der Waals surface area (Å²) in [7, 11) is 1.58. The van der Waals surface area contributed by atoms with Gasteiger partial charge in [0.05, 0.1) is 24.7 Å². The van der Waals surface area contributed by atoms with E-state index in [0.717, 1.165) is 16.6 Å². The van der Waals surface area contributed by atoms with E-state index >= 15 is 0 Å². The number of ether oxygens (including phenoxy) is 1. The molecule has 0 spiro atoms. The molecule has 0 saturated carbocycles. The molecule has 132 valence electrons. The zero-order chi connectivity index (χ0) is 18.1. The maximum Gasteiger partial charge on any atom is 0.229 e. The number of hydrogen-bond acceptors (Lipinski definition) is 4. The van der Waals surface area contributed by atoms with Crippen molar-refractivity contribution in [3.8, 4) is 5.75 Å². The maximum absolute atomic E-state index is 12.6. The highest BCUT2D eigenvalue weighted by Crippen LogP contribution is 2.28. The van der Waals surface area contributed by atoms with Crippen LogP contribution in [0.2, 0.25) is 0 Å². The molecule has 1 aliphatic rings. The predicted octanol–water partition coefficient (Wildman–Crippen LogP) is 2.56. The molecule has 1 aromatic heterocycles. The van der Waals surface area contributed by atoms with Gasteiger partial charge in [0.2, 0.25) is 11.8 Å². The smallest absolute Gasteiger partial charge is 0.229 e. The summed E-state index contributed by atoms with van der Waals surface area (Å²) in [6.45, 7) is 0.353. The monoisotopic (exact) mass is 350 g/mol. The summed E-state index contributed by atoms with van der Waals surface area (Å²) in [6.07, 6.45) is 1.89. The Labute approximate surface area is 149 Å². The zero-order valence-electron chi connectivity index (χ0n) is 14.2. The van der Waals surface area contributed by atoms with Gasteiger partial charge in [-0.05, 0) is 30.3 Å². The van der Waals surface area contributed by atoms with Crippen molar-refractivity contribution in [1.82, 2.24) is 10.2 Å².